The maximum atomic E-state index is 12.4. The molecule has 2 aliphatic heterocycles. The molecule has 1 aromatic rings. The summed E-state index contributed by atoms with van der Waals surface area (Å²) >= 11 is 5.81. The normalized spacial score (nSPS) is 26.1. The number of likely N-dealkylation sites (tertiary alicyclic amines) is 1. The van der Waals surface area contributed by atoms with Crippen molar-refractivity contribution in [3.05, 3.63) is 29.3 Å². The van der Waals surface area contributed by atoms with E-state index in [-0.39, 0.29) is 30.4 Å². The summed E-state index contributed by atoms with van der Waals surface area (Å²) in [6.07, 6.45) is 1.22. The van der Waals surface area contributed by atoms with E-state index in [9.17, 15) is 9.59 Å². The summed E-state index contributed by atoms with van der Waals surface area (Å²) in [4.78, 5) is 25.8. The molecule has 7 heteroatoms. The van der Waals surface area contributed by atoms with Crippen LogP contribution in [0.5, 0.6) is 5.75 Å². The van der Waals surface area contributed by atoms with Gasteiger partial charge in [-0.2, -0.15) is 5.26 Å². The van der Waals surface area contributed by atoms with Crippen molar-refractivity contribution in [1.82, 2.24) is 10.2 Å². The van der Waals surface area contributed by atoms with Crippen molar-refractivity contribution in [3.8, 4) is 11.8 Å². The Morgan fingerprint density at radius 1 is 1.42 bits per heavy atom. The van der Waals surface area contributed by atoms with Crippen molar-refractivity contribution in [2.75, 3.05) is 19.7 Å². The highest BCUT2D eigenvalue weighted by Gasteiger charge is 2.39. The number of piperidine rings is 2. The molecule has 1 aromatic carbocycles. The van der Waals surface area contributed by atoms with Crippen molar-refractivity contribution in [2.24, 2.45) is 11.8 Å². The van der Waals surface area contributed by atoms with Crippen LogP contribution >= 0.6 is 11.6 Å². The fourth-order valence-electron chi connectivity index (χ4n) is 3.26. The fraction of sp³-hybridized carbons (Fsp3) is 0.471. The molecule has 0 radical (unpaired) electrons. The third-order valence-electron chi connectivity index (χ3n) is 4.60. The molecule has 0 aromatic heterocycles. The molecular formula is C17H18ClN3O3. The van der Waals surface area contributed by atoms with Crippen LogP contribution in [0.25, 0.3) is 0 Å². The number of ether oxygens (including phenoxy) is 1. The molecule has 6 nitrogen and oxygen atoms in total. The second-order valence-corrected chi connectivity index (χ2v) is 6.60. The highest BCUT2D eigenvalue weighted by Crippen LogP contribution is 2.28. The Bertz CT molecular complexity index is 671. The van der Waals surface area contributed by atoms with E-state index >= 15 is 0 Å². The van der Waals surface area contributed by atoms with Crippen LogP contribution in [0, 0.1) is 23.2 Å². The van der Waals surface area contributed by atoms with Gasteiger partial charge in [0.05, 0.1) is 6.07 Å². The second-order valence-electron chi connectivity index (χ2n) is 6.16. The Morgan fingerprint density at radius 3 is 2.88 bits per heavy atom. The average molecular weight is 348 g/mol. The molecule has 2 aliphatic rings. The van der Waals surface area contributed by atoms with Crippen LogP contribution in [0.2, 0.25) is 5.02 Å². The van der Waals surface area contributed by atoms with E-state index in [1.807, 2.05) is 6.07 Å². The van der Waals surface area contributed by atoms with Crippen molar-refractivity contribution in [1.29, 1.82) is 5.26 Å². The van der Waals surface area contributed by atoms with Gasteiger partial charge in [-0.1, -0.05) is 11.6 Å². The van der Waals surface area contributed by atoms with Crippen LogP contribution in [0.4, 0.5) is 0 Å². The molecule has 2 saturated heterocycles. The lowest BCUT2D eigenvalue weighted by Crippen LogP contribution is -2.57. The minimum absolute atomic E-state index is 0.0347. The Morgan fingerprint density at radius 2 is 2.17 bits per heavy atom. The summed E-state index contributed by atoms with van der Waals surface area (Å²) < 4.78 is 5.50. The van der Waals surface area contributed by atoms with E-state index in [0.717, 1.165) is 0 Å². The molecule has 3 atom stereocenters. The van der Waals surface area contributed by atoms with Gasteiger partial charge in [0.1, 0.15) is 11.7 Å². The van der Waals surface area contributed by atoms with E-state index in [1.165, 1.54) is 0 Å². The van der Waals surface area contributed by atoms with Crippen LogP contribution in [-0.2, 0) is 9.59 Å². The molecule has 2 heterocycles. The SMILES string of the molecule is N#CC1CC2CN(C(=O)COc3ccc(Cl)cc3)CCC2NC1=O. The zero-order valence-electron chi connectivity index (χ0n) is 13.1. The van der Waals surface area contributed by atoms with Crippen molar-refractivity contribution in [2.45, 2.75) is 18.9 Å². The molecule has 3 rings (SSSR count). The number of nitrogens with zero attached hydrogens (tertiary/aromatic N) is 2. The first-order valence-corrected chi connectivity index (χ1v) is 8.30. The van der Waals surface area contributed by atoms with E-state index < -0.39 is 5.92 Å². The monoisotopic (exact) mass is 347 g/mol. The molecule has 0 bridgehead atoms. The fourth-order valence-corrected chi connectivity index (χ4v) is 3.39. The van der Waals surface area contributed by atoms with Crippen LogP contribution < -0.4 is 10.1 Å². The highest BCUT2D eigenvalue weighted by molar-refractivity contribution is 6.30. The lowest BCUT2D eigenvalue weighted by molar-refractivity contribution is -0.137. The molecule has 2 amide bonds. The number of carbonyl (C=O) groups excluding carboxylic acids is 2. The summed E-state index contributed by atoms with van der Waals surface area (Å²) in [5, 5.41) is 12.5. The van der Waals surface area contributed by atoms with Gasteiger partial charge in [-0.15, -0.1) is 0 Å². The van der Waals surface area contributed by atoms with Gasteiger partial charge in [0.25, 0.3) is 5.91 Å². The Balaban J connectivity index is 1.54. The first-order valence-electron chi connectivity index (χ1n) is 7.93. The Kier molecular flexibility index (Phi) is 4.91. The molecule has 24 heavy (non-hydrogen) atoms. The van der Waals surface area contributed by atoms with Crippen molar-refractivity contribution < 1.29 is 14.3 Å². The van der Waals surface area contributed by atoms with Gasteiger partial charge in [-0.25, -0.2) is 0 Å². The second kappa shape index (κ2) is 7.10. The van der Waals surface area contributed by atoms with E-state index in [2.05, 4.69) is 5.32 Å². The largest absolute Gasteiger partial charge is 0.484 e. The predicted molar refractivity (Wildman–Crippen MR) is 87.3 cm³/mol. The van der Waals surface area contributed by atoms with Gasteiger partial charge in [0.15, 0.2) is 6.61 Å². The number of amides is 2. The molecule has 0 aliphatic carbocycles. The first-order chi connectivity index (χ1) is 11.6. The van der Waals surface area contributed by atoms with Gasteiger partial charge in [-0.3, -0.25) is 9.59 Å². The van der Waals surface area contributed by atoms with E-state index in [4.69, 9.17) is 21.6 Å². The van der Waals surface area contributed by atoms with Crippen molar-refractivity contribution in [3.63, 3.8) is 0 Å². The highest BCUT2D eigenvalue weighted by atomic mass is 35.5. The minimum Gasteiger partial charge on any atom is -0.484 e. The van der Waals surface area contributed by atoms with E-state index in [0.29, 0.717) is 36.7 Å². The number of nitrogens with one attached hydrogen (secondary N) is 1. The minimum atomic E-state index is -0.619. The lowest BCUT2D eigenvalue weighted by Gasteiger charge is -2.42. The number of halogens is 1. The van der Waals surface area contributed by atoms with Gasteiger partial charge in [0.2, 0.25) is 5.91 Å². The van der Waals surface area contributed by atoms with Crippen molar-refractivity contribution >= 4 is 23.4 Å². The molecule has 0 saturated carbocycles. The number of fused-ring (bicyclic) bond motifs is 1. The number of rotatable bonds is 3. The maximum Gasteiger partial charge on any atom is 0.260 e. The lowest BCUT2D eigenvalue weighted by atomic mass is 9.80. The Hall–Kier alpha value is -2.26. The quantitative estimate of drug-likeness (QED) is 0.900. The predicted octanol–water partition coefficient (Wildman–Crippen LogP) is 1.60. The average Bonchev–Trinajstić information content (AvgIpc) is 2.60. The summed E-state index contributed by atoms with van der Waals surface area (Å²) in [5.74, 6) is -0.178. The van der Waals surface area contributed by atoms with Crippen LogP contribution in [0.1, 0.15) is 12.8 Å². The van der Waals surface area contributed by atoms with Gasteiger partial charge in [-0.05, 0) is 43.0 Å². The summed E-state index contributed by atoms with van der Waals surface area (Å²) in [6.45, 7) is 1.10. The molecule has 1 N–H and O–H groups in total. The van der Waals surface area contributed by atoms with Gasteiger partial charge in [0, 0.05) is 24.2 Å². The van der Waals surface area contributed by atoms with Gasteiger partial charge < -0.3 is 15.0 Å². The summed E-state index contributed by atoms with van der Waals surface area (Å²) in [5.41, 5.74) is 0. The number of nitriles is 1. The number of carbonyl (C=O) groups is 2. The zero-order valence-corrected chi connectivity index (χ0v) is 13.8. The zero-order chi connectivity index (χ0) is 17.1. The van der Waals surface area contributed by atoms with Crippen LogP contribution in [0.3, 0.4) is 0 Å². The maximum absolute atomic E-state index is 12.4. The van der Waals surface area contributed by atoms with Crippen LogP contribution in [0.15, 0.2) is 24.3 Å². The number of hydrogen-bond acceptors (Lipinski definition) is 4. The first kappa shape index (κ1) is 16.6. The third kappa shape index (κ3) is 3.62. The number of hydrogen-bond donors (Lipinski definition) is 1. The summed E-state index contributed by atoms with van der Waals surface area (Å²) in [6, 6.07) is 8.94. The third-order valence-corrected chi connectivity index (χ3v) is 4.85. The van der Waals surface area contributed by atoms with Crippen LogP contribution in [-0.4, -0.2) is 42.5 Å². The molecular weight excluding hydrogens is 330 g/mol. The molecule has 2 fully saturated rings. The number of benzene rings is 1. The topological polar surface area (TPSA) is 82.4 Å². The molecule has 0 spiro atoms. The standard InChI is InChI=1S/C17H18ClN3O3/c18-13-1-3-14(4-2-13)24-10-16(22)21-6-5-15-12(9-21)7-11(8-19)17(23)20-15/h1-4,11-12,15H,5-7,9-10H2,(H,20,23). The Labute approximate surface area is 145 Å². The van der Waals surface area contributed by atoms with Gasteiger partial charge >= 0.3 is 0 Å². The molecule has 3 unspecified atom stereocenters. The van der Waals surface area contributed by atoms with E-state index in [1.54, 1.807) is 29.2 Å². The summed E-state index contributed by atoms with van der Waals surface area (Å²) in [7, 11) is 0. The molecule has 126 valence electrons. The smallest absolute Gasteiger partial charge is 0.260 e.